The summed E-state index contributed by atoms with van der Waals surface area (Å²) in [7, 11) is -2.51. The Kier molecular flexibility index (Phi) is 7.07. The lowest BCUT2D eigenvalue weighted by atomic mass is 9.86. The highest BCUT2D eigenvalue weighted by Crippen LogP contribution is 2.51. The van der Waals surface area contributed by atoms with Crippen LogP contribution in [0.15, 0.2) is 29.4 Å². The zero-order valence-corrected chi connectivity index (χ0v) is 25.7. The Morgan fingerprint density at radius 2 is 1.70 bits per heavy atom. The minimum absolute atomic E-state index is 0.0313. The fourth-order valence-corrected chi connectivity index (χ4v) is 12.5. The average molecular weight is 565 g/mol. The second kappa shape index (κ2) is 9.99. The van der Waals surface area contributed by atoms with Crippen LogP contribution in [0.3, 0.4) is 0 Å². The Bertz CT molecular complexity index is 1380. The van der Waals surface area contributed by atoms with Gasteiger partial charge in [0.05, 0.1) is 24.1 Å². The van der Waals surface area contributed by atoms with Crippen LogP contribution < -0.4 is 14.5 Å². The molecule has 1 N–H and O–H groups in total. The van der Waals surface area contributed by atoms with Gasteiger partial charge in [0.2, 0.25) is 14.1 Å². The van der Waals surface area contributed by atoms with Gasteiger partial charge in [0, 0.05) is 24.6 Å². The first-order valence-corrected chi connectivity index (χ1v) is 16.3. The highest BCUT2D eigenvalue weighted by molar-refractivity contribution is 6.78. The van der Waals surface area contributed by atoms with Crippen LogP contribution in [0, 0.1) is 13.8 Å². The van der Waals surface area contributed by atoms with Gasteiger partial charge in [0.1, 0.15) is 12.4 Å². The van der Waals surface area contributed by atoms with Gasteiger partial charge in [-0.3, -0.25) is 9.69 Å². The van der Waals surface area contributed by atoms with E-state index in [1.165, 1.54) is 4.90 Å². The molecule has 0 bridgehead atoms. The Balaban J connectivity index is 1.68. The monoisotopic (exact) mass is 564 g/mol. The number of hydrogen-bond acceptors (Lipinski definition) is 7. The molecule has 0 saturated carbocycles. The SMILES string of the molecule is Cc1cc2c(cc1C)C(=O)[C@]1(O[Si](C(C)C)(C(C)C)C(C)C)CCN(c3cnc4c(c3)OCCN4C(=O)O)C1=N2. The van der Waals surface area contributed by atoms with E-state index in [-0.39, 0.29) is 41.4 Å². The van der Waals surface area contributed by atoms with Crippen LogP contribution >= 0.6 is 0 Å². The molecule has 0 unspecified atom stereocenters. The molecule has 1 aromatic carbocycles. The molecule has 4 heterocycles. The van der Waals surface area contributed by atoms with Gasteiger partial charge in [0.25, 0.3) is 0 Å². The lowest BCUT2D eigenvalue weighted by Crippen LogP contribution is -2.61. The Labute approximate surface area is 237 Å². The van der Waals surface area contributed by atoms with Gasteiger partial charge in [-0.2, -0.15) is 0 Å². The van der Waals surface area contributed by atoms with Crippen LogP contribution in [0.25, 0.3) is 0 Å². The highest BCUT2D eigenvalue weighted by Gasteiger charge is 2.60. The number of anilines is 2. The second-order valence-electron chi connectivity index (χ2n) is 12.2. The van der Waals surface area contributed by atoms with Gasteiger partial charge < -0.3 is 19.2 Å². The molecule has 0 aliphatic carbocycles. The number of aromatic nitrogens is 1. The van der Waals surface area contributed by atoms with Crippen molar-refractivity contribution in [3.05, 3.63) is 41.1 Å². The molecule has 9 nitrogen and oxygen atoms in total. The summed E-state index contributed by atoms with van der Waals surface area (Å²) in [5, 5.41) is 9.61. The number of amidine groups is 1. The maximum atomic E-state index is 14.6. The fourth-order valence-electron chi connectivity index (χ4n) is 6.95. The number of fused-ring (bicyclic) bond motifs is 3. The molecule has 2 aromatic rings. The van der Waals surface area contributed by atoms with E-state index < -0.39 is 20.0 Å². The predicted octanol–water partition coefficient (Wildman–Crippen LogP) is 6.64. The van der Waals surface area contributed by atoms with Gasteiger partial charge in [0.15, 0.2) is 17.2 Å². The molecule has 1 amide bonds. The number of carbonyl (C=O) groups is 2. The summed E-state index contributed by atoms with van der Waals surface area (Å²) >= 11 is 0. The van der Waals surface area contributed by atoms with Crippen molar-refractivity contribution in [3.63, 3.8) is 0 Å². The highest BCUT2D eigenvalue weighted by atomic mass is 28.4. The topological polar surface area (TPSA) is 105 Å². The molecule has 214 valence electrons. The molecule has 5 rings (SSSR count). The molecular weight excluding hydrogens is 524 g/mol. The molecule has 1 aromatic heterocycles. The smallest absolute Gasteiger partial charge is 0.413 e. The lowest BCUT2D eigenvalue weighted by Gasteiger charge is -2.48. The number of amides is 1. The van der Waals surface area contributed by atoms with Crippen molar-refractivity contribution < 1.29 is 23.9 Å². The van der Waals surface area contributed by atoms with Gasteiger partial charge in [-0.15, -0.1) is 0 Å². The van der Waals surface area contributed by atoms with E-state index in [4.69, 9.17) is 14.2 Å². The first-order chi connectivity index (χ1) is 18.8. The predicted molar refractivity (Wildman–Crippen MR) is 159 cm³/mol. The van der Waals surface area contributed by atoms with E-state index in [0.29, 0.717) is 41.5 Å². The molecule has 3 aliphatic heterocycles. The van der Waals surface area contributed by atoms with Gasteiger partial charge in [-0.25, -0.2) is 14.8 Å². The number of carboxylic acid groups (broad SMARTS) is 1. The van der Waals surface area contributed by atoms with Gasteiger partial charge in [-0.05, 0) is 53.7 Å². The average Bonchev–Trinajstić information content (AvgIpc) is 3.26. The number of pyridine rings is 1. The number of benzene rings is 1. The van der Waals surface area contributed by atoms with Crippen molar-refractivity contribution in [2.45, 2.75) is 84.0 Å². The van der Waals surface area contributed by atoms with E-state index in [1.54, 1.807) is 12.3 Å². The van der Waals surface area contributed by atoms with Crippen molar-refractivity contribution >= 4 is 43.2 Å². The van der Waals surface area contributed by atoms with Crippen LogP contribution in [-0.4, -0.2) is 61.4 Å². The maximum absolute atomic E-state index is 14.6. The van der Waals surface area contributed by atoms with E-state index >= 15 is 0 Å². The Morgan fingerprint density at radius 3 is 2.33 bits per heavy atom. The maximum Gasteiger partial charge on any atom is 0.413 e. The summed E-state index contributed by atoms with van der Waals surface area (Å²) in [5.74, 6) is 1.22. The minimum atomic E-state index is -2.51. The van der Waals surface area contributed by atoms with E-state index in [0.717, 1.165) is 11.1 Å². The third-order valence-electron chi connectivity index (χ3n) is 9.00. The fraction of sp³-hybridized carbons (Fsp3) is 0.533. The van der Waals surface area contributed by atoms with Crippen molar-refractivity contribution in [1.29, 1.82) is 0 Å². The quantitative estimate of drug-likeness (QED) is 0.392. The molecule has 1 fully saturated rings. The van der Waals surface area contributed by atoms with Gasteiger partial charge >= 0.3 is 6.09 Å². The third kappa shape index (κ3) is 4.14. The zero-order valence-electron chi connectivity index (χ0n) is 24.7. The lowest BCUT2D eigenvalue weighted by molar-refractivity contribution is 0.0622. The number of carbonyl (C=O) groups excluding carboxylic acids is 1. The van der Waals surface area contributed by atoms with Crippen molar-refractivity contribution in [2.75, 3.05) is 29.5 Å². The van der Waals surface area contributed by atoms with Crippen LogP contribution in [0.5, 0.6) is 5.75 Å². The second-order valence-corrected chi connectivity index (χ2v) is 17.5. The number of Topliss-reactive ketones (excluding diaryl/α,β-unsaturated/α-hetero) is 1. The van der Waals surface area contributed by atoms with Crippen LogP contribution in [-0.2, 0) is 4.43 Å². The van der Waals surface area contributed by atoms with Crippen molar-refractivity contribution in [3.8, 4) is 5.75 Å². The van der Waals surface area contributed by atoms with Crippen LogP contribution in [0.4, 0.5) is 22.0 Å². The Hall–Kier alpha value is -3.24. The summed E-state index contributed by atoms with van der Waals surface area (Å²) in [6.45, 7) is 18.4. The van der Waals surface area contributed by atoms with E-state index in [9.17, 15) is 14.7 Å². The molecule has 0 radical (unpaired) electrons. The van der Waals surface area contributed by atoms with Crippen LogP contribution in [0.2, 0.25) is 16.6 Å². The van der Waals surface area contributed by atoms with E-state index in [1.807, 2.05) is 30.9 Å². The first-order valence-electron chi connectivity index (χ1n) is 14.2. The third-order valence-corrected chi connectivity index (χ3v) is 15.1. The first kappa shape index (κ1) is 28.3. The number of aryl methyl sites for hydroxylation is 2. The standard InChI is InChI=1S/C30H40N4O5Si/c1-17(2)40(18(3)4,19(5)6)39-30-9-10-33(22-15-25-27(31-16-22)34(29(36)37)11-12-38-25)28(30)32-24-14-21(8)20(7)13-23(24)26(30)35/h13-19H,9-12H2,1-8H3,(H,36,37)/t30-/m1/s1. The molecular formula is C30H40N4O5Si. The minimum Gasteiger partial charge on any atom is -0.488 e. The van der Waals surface area contributed by atoms with Crippen molar-refractivity contribution in [1.82, 2.24) is 4.98 Å². The number of aliphatic imine (C=N–C) groups is 1. The number of ether oxygens (including phenoxy) is 1. The summed E-state index contributed by atoms with van der Waals surface area (Å²) in [6, 6.07) is 5.74. The number of rotatable bonds is 6. The number of hydrogen-bond donors (Lipinski definition) is 1. The summed E-state index contributed by atoms with van der Waals surface area (Å²) < 4.78 is 13.2. The molecule has 3 aliphatic rings. The molecule has 0 spiro atoms. The van der Waals surface area contributed by atoms with Crippen molar-refractivity contribution in [2.24, 2.45) is 4.99 Å². The zero-order chi connectivity index (χ0) is 29.1. The largest absolute Gasteiger partial charge is 0.488 e. The summed E-state index contributed by atoms with van der Waals surface area (Å²) in [4.78, 5) is 39.2. The molecule has 40 heavy (non-hydrogen) atoms. The Morgan fingerprint density at radius 1 is 1.05 bits per heavy atom. The van der Waals surface area contributed by atoms with Crippen LogP contribution in [0.1, 0.15) is 69.4 Å². The van der Waals surface area contributed by atoms with Gasteiger partial charge in [-0.1, -0.05) is 41.5 Å². The van der Waals surface area contributed by atoms with E-state index in [2.05, 4.69) is 46.5 Å². The molecule has 1 saturated heterocycles. The molecule has 10 heteroatoms. The summed E-state index contributed by atoms with van der Waals surface area (Å²) in [5.41, 5.74) is 3.73. The summed E-state index contributed by atoms with van der Waals surface area (Å²) in [6.07, 6.45) is 1.04. The number of nitrogens with zero attached hydrogens (tertiary/aromatic N) is 4. The normalized spacial score (nSPS) is 20.5. The number of ketones is 1. The molecule has 1 atom stereocenters.